The van der Waals surface area contributed by atoms with E-state index in [4.69, 9.17) is 5.73 Å². The molecular weight excluding hydrogens is 246 g/mol. The molecule has 3 nitrogen and oxygen atoms in total. The molecular formula is C17H21N3. The van der Waals surface area contributed by atoms with E-state index < -0.39 is 0 Å². The molecule has 1 aliphatic heterocycles. The molecule has 2 heterocycles. The predicted octanol–water partition coefficient (Wildman–Crippen LogP) is 3.11. The van der Waals surface area contributed by atoms with Crippen LogP contribution in [0.2, 0.25) is 0 Å². The molecule has 1 aromatic heterocycles. The van der Waals surface area contributed by atoms with Gasteiger partial charge in [0.15, 0.2) is 0 Å². The Bertz CT molecular complexity index is 606. The van der Waals surface area contributed by atoms with Crippen molar-refractivity contribution in [3.63, 3.8) is 0 Å². The summed E-state index contributed by atoms with van der Waals surface area (Å²) in [6.07, 6.45) is 9.73. The molecule has 2 N–H and O–H groups in total. The van der Waals surface area contributed by atoms with Crippen LogP contribution in [0, 0.1) is 0 Å². The monoisotopic (exact) mass is 267 g/mol. The van der Waals surface area contributed by atoms with Gasteiger partial charge in [0.1, 0.15) is 0 Å². The molecule has 0 bridgehead atoms. The van der Waals surface area contributed by atoms with Crippen LogP contribution in [0.3, 0.4) is 0 Å². The van der Waals surface area contributed by atoms with E-state index in [9.17, 15) is 0 Å². The van der Waals surface area contributed by atoms with Crippen molar-refractivity contribution >= 4 is 16.6 Å². The molecule has 0 saturated carbocycles. The Kier molecular flexibility index (Phi) is 3.97. The number of fused-ring (bicyclic) bond motifs is 1. The highest BCUT2D eigenvalue weighted by molar-refractivity contribution is 5.82. The summed E-state index contributed by atoms with van der Waals surface area (Å²) in [6, 6.07) is 11.3. The molecule has 1 aliphatic rings. The van der Waals surface area contributed by atoms with E-state index in [1.165, 1.54) is 23.9 Å². The Morgan fingerprint density at radius 3 is 3.15 bits per heavy atom. The van der Waals surface area contributed by atoms with Crippen LogP contribution in [0.1, 0.15) is 19.3 Å². The Labute approximate surface area is 120 Å². The first-order valence-electron chi connectivity index (χ1n) is 7.35. The first-order valence-corrected chi connectivity index (χ1v) is 7.35. The number of pyridine rings is 1. The number of rotatable bonds is 4. The lowest BCUT2D eigenvalue weighted by atomic mass is 10.1. The van der Waals surface area contributed by atoms with E-state index in [0.29, 0.717) is 12.6 Å². The molecule has 3 rings (SSSR count). The van der Waals surface area contributed by atoms with E-state index in [2.05, 4.69) is 46.3 Å². The van der Waals surface area contributed by atoms with E-state index in [1.807, 2.05) is 12.3 Å². The lowest BCUT2D eigenvalue weighted by Crippen LogP contribution is -2.28. The third-order valence-electron chi connectivity index (χ3n) is 4.01. The first-order chi connectivity index (χ1) is 9.88. The summed E-state index contributed by atoms with van der Waals surface area (Å²) >= 11 is 0. The van der Waals surface area contributed by atoms with E-state index in [-0.39, 0.29) is 0 Å². The van der Waals surface area contributed by atoms with Crippen molar-refractivity contribution in [3.05, 3.63) is 48.7 Å². The SMILES string of the molecule is NCC=CCC1CCCN1c1ccc2cccnc2c1. The highest BCUT2D eigenvalue weighted by Crippen LogP contribution is 2.29. The van der Waals surface area contributed by atoms with Crippen LogP contribution in [-0.2, 0) is 0 Å². The number of aromatic nitrogens is 1. The molecule has 0 aliphatic carbocycles. The summed E-state index contributed by atoms with van der Waals surface area (Å²) in [5.41, 5.74) is 7.88. The summed E-state index contributed by atoms with van der Waals surface area (Å²) in [4.78, 5) is 6.97. The lowest BCUT2D eigenvalue weighted by molar-refractivity contribution is 0.677. The molecule has 2 aromatic rings. The Morgan fingerprint density at radius 1 is 1.30 bits per heavy atom. The van der Waals surface area contributed by atoms with Gasteiger partial charge in [0.25, 0.3) is 0 Å². The van der Waals surface area contributed by atoms with Crippen molar-refractivity contribution in [1.29, 1.82) is 0 Å². The first kappa shape index (κ1) is 13.1. The van der Waals surface area contributed by atoms with Gasteiger partial charge < -0.3 is 10.6 Å². The molecule has 20 heavy (non-hydrogen) atoms. The number of hydrogen-bond donors (Lipinski definition) is 1. The van der Waals surface area contributed by atoms with Gasteiger partial charge in [-0.3, -0.25) is 4.98 Å². The summed E-state index contributed by atoms with van der Waals surface area (Å²) in [5.74, 6) is 0. The quantitative estimate of drug-likeness (QED) is 0.865. The van der Waals surface area contributed by atoms with Crippen molar-refractivity contribution < 1.29 is 0 Å². The molecule has 0 radical (unpaired) electrons. The van der Waals surface area contributed by atoms with E-state index in [0.717, 1.165) is 18.5 Å². The van der Waals surface area contributed by atoms with Crippen LogP contribution in [0.4, 0.5) is 5.69 Å². The maximum absolute atomic E-state index is 5.51. The van der Waals surface area contributed by atoms with Gasteiger partial charge in [-0.25, -0.2) is 0 Å². The molecule has 1 fully saturated rings. The summed E-state index contributed by atoms with van der Waals surface area (Å²) in [5, 5.41) is 1.20. The summed E-state index contributed by atoms with van der Waals surface area (Å²) < 4.78 is 0. The van der Waals surface area contributed by atoms with E-state index >= 15 is 0 Å². The van der Waals surface area contributed by atoms with Gasteiger partial charge in [0, 0.05) is 36.4 Å². The van der Waals surface area contributed by atoms with Crippen molar-refractivity contribution in [2.24, 2.45) is 5.73 Å². The summed E-state index contributed by atoms with van der Waals surface area (Å²) in [7, 11) is 0. The largest absolute Gasteiger partial charge is 0.368 e. The molecule has 3 heteroatoms. The molecule has 1 saturated heterocycles. The normalized spacial score (nSPS) is 19.2. The molecule has 104 valence electrons. The third kappa shape index (κ3) is 2.68. The van der Waals surface area contributed by atoms with Crippen LogP contribution in [0.25, 0.3) is 10.9 Å². The minimum Gasteiger partial charge on any atom is -0.368 e. The second-order valence-corrected chi connectivity index (χ2v) is 5.31. The fourth-order valence-electron chi connectivity index (χ4n) is 3.00. The Balaban J connectivity index is 1.83. The molecule has 0 amide bonds. The highest BCUT2D eigenvalue weighted by Gasteiger charge is 2.23. The van der Waals surface area contributed by atoms with Crippen LogP contribution in [-0.4, -0.2) is 24.1 Å². The second kappa shape index (κ2) is 6.06. The Morgan fingerprint density at radius 2 is 2.25 bits per heavy atom. The number of hydrogen-bond acceptors (Lipinski definition) is 3. The summed E-state index contributed by atoms with van der Waals surface area (Å²) in [6.45, 7) is 1.77. The molecule has 0 spiro atoms. The number of benzene rings is 1. The smallest absolute Gasteiger partial charge is 0.0722 e. The highest BCUT2D eigenvalue weighted by atomic mass is 15.2. The standard InChI is InChI=1S/C17H21N3/c18-10-2-1-6-15-7-4-12-20(15)16-9-8-14-5-3-11-19-17(14)13-16/h1-3,5,8-9,11,13,15H,4,6-7,10,12,18H2. The van der Waals surface area contributed by atoms with Crippen LogP contribution < -0.4 is 10.6 Å². The fraction of sp³-hybridized carbons (Fsp3) is 0.353. The van der Waals surface area contributed by atoms with Gasteiger partial charge in [0.2, 0.25) is 0 Å². The zero-order valence-electron chi connectivity index (χ0n) is 11.7. The van der Waals surface area contributed by atoms with Gasteiger partial charge in [-0.15, -0.1) is 0 Å². The zero-order chi connectivity index (χ0) is 13.8. The maximum atomic E-state index is 5.51. The number of anilines is 1. The zero-order valence-corrected chi connectivity index (χ0v) is 11.7. The van der Waals surface area contributed by atoms with Crippen molar-refractivity contribution in [2.45, 2.75) is 25.3 Å². The van der Waals surface area contributed by atoms with Crippen LogP contribution in [0.15, 0.2) is 48.7 Å². The van der Waals surface area contributed by atoms with Crippen LogP contribution >= 0.6 is 0 Å². The molecule has 1 unspecified atom stereocenters. The number of nitrogens with two attached hydrogens (primary N) is 1. The van der Waals surface area contributed by atoms with Crippen molar-refractivity contribution in [1.82, 2.24) is 4.98 Å². The molecule has 1 aromatic carbocycles. The third-order valence-corrected chi connectivity index (χ3v) is 4.01. The average molecular weight is 267 g/mol. The minimum absolute atomic E-state index is 0.596. The number of nitrogens with zero attached hydrogens (tertiary/aromatic N) is 2. The van der Waals surface area contributed by atoms with E-state index in [1.54, 1.807) is 0 Å². The minimum atomic E-state index is 0.596. The lowest BCUT2D eigenvalue weighted by Gasteiger charge is -2.26. The van der Waals surface area contributed by atoms with Gasteiger partial charge in [-0.05, 0) is 37.5 Å². The maximum Gasteiger partial charge on any atom is 0.0722 e. The fourth-order valence-corrected chi connectivity index (χ4v) is 3.00. The van der Waals surface area contributed by atoms with Crippen molar-refractivity contribution in [2.75, 3.05) is 18.0 Å². The topological polar surface area (TPSA) is 42.1 Å². The predicted molar refractivity (Wildman–Crippen MR) is 84.9 cm³/mol. The second-order valence-electron chi connectivity index (χ2n) is 5.31. The molecule has 1 atom stereocenters. The Hall–Kier alpha value is -1.87. The van der Waals surface area contributed by atoms with Gasteiger partial charge in [-0.1, -0.05) is 24.3 Å². The van der Waals surface area contributed by atoms with Crippen LogP contribution in [0.5, 0.6) is 0 Å². The van der Waals surface area contributed by atoms with Gasteiger partial charge >= 0.3 is 0 Å². The van der Waals surface area contributed by atoms with Gasteiger partial charge in [-0.2, -0.15) is 0 Å². The van der Waals surface area contributed by atoms with Crippen molar-refractivity contribution in [3.8, 4) is 0 Å². The van der Waals surface area contributed by atoms with Gasteiger partial charge in [0.05, 0.1) is 5.52 Å². The average Bonchev–Trinajstić information content (AvgIpc) is 2.95.